The van der Waals surface area contributed by atoms with Gasteiger partial charge in [0.1, 0.15) is 5.69 Å². The molecule has 1 aromatic heterocycles. The van der Waals surface area contributed by atoms with Crippen LogP contribution in [0, 0.1) is 0 Å². The molecule has 148 valence electrons. The van der Waals surface area contributed by atoms with Crippen LogP contribution in [0.4, 0.5) is 0 Å². The maximum Gasteiger partial charge on any atom is 0.270 e. The number of amides is 1. The summed E-state index contributed by atoms with van der Waals surface area (Å²) in [6, 6.07) is 9.97. The van der Waals surface area contributed by atoms with E-state index in [0.717, 1.165) is 50.2 Å². The lowest BCUT2D eigenvalue weighted by atomic mass is 10.2. The third kappa shape index (κ3) is 4.62. The van der Waals surface area contributed by atoms with E-state index in [4.69, 9.17) is 4.43 Å². The summed E-state index contributed by atoms with van der Waals surface area (Å²) < 4.78 is 6.29. The summed E-state index contributed by atoms with van der Waals surface area (Å²) in [6.45, 7) is 16.5. The van der Waals surface area contributed by atoms with E-state index in [0.29, 0.717) is 5.69 Å². The number of rotatable bonds is 5. The monoisotopic (exact) mass is 387 g/mol. The molecule has 1 aliphatic heterocycles. The molecule has 27 heavy (non-hydrogen) atoms. The predicted octanol–water partition coefficient (Wildman–Crippen LogP) is 3.95. The van der Waals surface area contributed by atoms with Crippen molar-refractivity contribution in [1.29, 1.82) is 0 Å². The van der Waals surface area contributed by atoms with Gasteiger partial charge >= 0.3 is 0 Å². The van der Waals surface area contributed by atoms with Gasteiger partial charge in [-0.15, -0.1) is 0 Å². The Morgan fingerprint density at radius 1 is 1.15 bits per heavy atom. The van der Waals surface area contributed by atoms with E-state index in [-0.39, 0.29) is 10.9 Å². The molecule has 2 heterocycles. The number of H-pyrrole nitrogens is 1. The molecule has 0 saturated carbocycles. The largest absolute Gasteiger partial charge is 0.416 e. The number of para-hydroxylation sites is 1. The summed E-state index contributed by atoms with van der Waals surface area (Å²) in [7, 11) is -1.68. The van der Waals surface area contributed by atoms with Crippen molar-refractivity contribution in [1.82, 2.24) is 14.8 Å². The SMILES string of the molecule is CC(C)(C)[Si](C)(C)OCCN1CCN(C(=O)c2cc3ccccc3[nH]2)CC1. The van der Waals surface area contributed by atoms with Crippen molar-refractivity contribution < 1.29 is 9.22 Å². The number of aromatic nitrogens is 1. The van der Waals surface area contributed by atoms with Crippen molar-refractivity contribution in [2.45, 2.75) is 38.9 Å². The minimum atomic E-state index is -1.68. The normalized spacial score (nSPS) is 16.9. The van der Waals surface area contributed by atoms with Crippen LogP contribution < -0.4 is 0 Å². The van der Waals surface area contributed by atoms with Crippen molar-refractivity contribution in [3.63, 3.8) is 0 Å². The molecule has 3 rings (SSSR count). The van der Waals surface area contributed by atoms with Crippen molar-refractivity contribution in [2.75, 3.05) is 39.3 Å². The topological polar surface area (TPSA) is 48.6 Å². The molecule has 0 atom stereocenters. The molecule has 0 unspecified atom stereocenters. The summed E-state index contributed by atoms with van der Waals surface area (Å²) in [6.07, 6.45) is 0. The van der Waals surface area contributed by atoms with Gasteiger partial charge in [0.15, 0.2) is 8.32 Å². The van der Waals surface area contributed by atoms with Crippen LogP contribution in [0.5, 0.6) is 0 Å². The number of piperazine rings is 1. The highest BCUT2D eigenvalue weighted by Crippen LogP contribution is 2.36. The molecule has 0 spiro atoms. The smallest absolute Gasteiger partial charge is 0.270 e. The Labute approximate surface area is 163 Å². The van der Waals surface area contributed by atoms with Crippen molar-refractivity contribution in [3.8, 4) is 0 Å². The highest BCUT2D eigenvalue weighted by atomic mass is 28.4. The zero-order chi connectivity index (χ0) is 19.7. The Morgan fingerprint density at radius 2 is 1.81 bits per heavy atom. The number of hydrogen-bond acceptors (Lipinski definition) is 3. The number of fused-ring (bicyclic) bond motifs is 1. The van der Waals surface area contributed by atoms with E-state index in [1.54, 1.807) is 0 Å². The van der Waals surface area contributed by atoms with Gasteiger partial charge in [-0.25, -0.2) is 0 Å². The maximum atomic E-state index is 12.8. The summed E-state index contributed by atoms with van der Waals surface area (Å²) in [5.74, 6) is 0.100. The van der Waals surface area contributed by atoms with Gasteiger partial charge in [0.25, 0.3) is 5.91 Å². The molecule has 1 saturated heterocycles. The van der Waals surface area contributed by atoms with Crippen LogP contribution in [0.1, 0.15) is 31.3 Å². The Bertz CT molecular complexity index is 753. The number of carbonyl (C=O) groups is 1. The van der Waals surface area contributed by atoms with Gasteiger partial charge in [-0.05, 0) is 30.3 Å². The van der Waals surface area contributed by atoms with Gasteiger partial charge in [-0.2, -0.15) is 0 Å². The first-order valence-corrected chi connectivity index (χ1v) is 12.8. The summed E-state index contributed by atoms with van der Waals surface area (Å²) in [5, 5.41) is 1.33. The molecule has 1 amide bonds. The van der Waals surface area contributed by atoms with Crippen LogP contribution in [0.2, 0.25) is 18.1 Å². The molecule has 6 heteroatoms. The quantitative estimate of drug-likeness (QED) is 0.791. The number of carbonyl (C=O) groups excluding carboxylic acids is 1. The van der Waals surface area contributed by atoms with Crippen LogP contribution in [0.3, 0.4) is 0 Å². The van der Waals surface area contributed by atoms with E-state index >= 15 is 0 Å². The molecule has 1 aromatic carbocycles. The molecule has 1 N–H and O–H groups in total. The first kappa shape index (κ1) is 20.1. The molecular formula is C21H33N3O2Si. The second-order valence-electron chi connectivity index (χ2n) is 9.01. The fraction of sp³-hybridized carbons (Fsp3) is 0.571. The fourth-order valence-electron chi connectivity index (χ4n) is 3.18. The third-order valence-corrected chi connectivity index (χ3v) is 10.6. The van der Waals surface area contributed by atoms with Gasteiger partial charge < -0.3 is 14.3 Å². The van der Waals surface area contributed by atoms with E-state index in [2.05, 4.69) is 43.7 Å². The van der Waals surface area contributed by atoms with Crippen LogP contribution in [0.25, 0.3) is 10.9 Å². The van der Waals surface area contributed by atoms with Crippen LogP contribution >= 0.6 is 0 Å². The van der Waals surface area contributed by atoms with Crippen LogP contribution in [0.15, 0.2) is 30.3 Å². The summed E-state index contributed by atoms with van der Waals surface area (Å²) in [5.41, 5.74) is 1.70. The number of nitrogens with zero attached hydrogens (tertiary/aromatic N) is 2. The second-order valence-corrected chi connectivity index (χ2v) is 13.8. The second kappa shape index (κ2) is 7.77. The van der Waals surface area contributed by atoms with E-state index in [1.807, 2.05) is 35.2 Å². The summed E-state index contributed by atoms with van der Waals surface area (Å²) >= 11 is 0. The standard InChI is InChI=1S/C21H33N3O2Si/c1-21(2,3)27(4,5)26-15-14-23-10-12-24(13-11-23)20(25)19-16-17-8-6-7-9-18(17)22-19/h6-9,16,22H,10-15H2,1-5H3. The van der Waals surface area contributed by atoms with Gasteiger partial charge in [-0.3, -0.25) is 9.69 Å². The molecule has 1 aliphatic rings. The molecule has 2 aromatic rings. The van der Waals surface area contributed by atoms with Gasteiger partial charge in [0, 0.05) is 50.2 Å². The average Bonchev–Trinajstić information content (AvgIpc) is 3.05. The lowest BCUT2D eigenvalue weighted by Gasteiger charge is -2.38. The lowest BCUT2D eigenvalue weighted by molar-refractivity contribution is 0.0612. The highest BCUT2D eigenvalue weighted by Gasteiger charge is 2.37. The number of hydrogen-bond donors (Lipinski definition) is 1. The number of benzene rings is 1. The van der Waals surface area contributed by atoms with Gasteiger partial charge in [-0.1, -0.05) is 39.0 Å². The zero-order valence-corrected chi connectivity index (χ0v) is 18.3. The first-order valence-electron chi connectivity index (χ1n) is 9.91. The van der Waals surface area contributed by atoms with Crippen LogP contribution in [-0.2, 0) is 4.43 Å². The Kier molecular flexibility index (Phi) is 5.79. The zero-order valence-electron chi connectivity index (χ0n) is 17.3. The molecule has 0 radical (unpaired) electrons. The minimum absolute atomic E-state index is 0.100. The Hall–Kier alpha value is -1.63. The van der Waals surface area contributed by atoms with Crippen molar-refractivity contribution in [2.24, 2.45) is 0 Å². The predicted molar refractivity (Wildman–Crippen MR) is 114 cm³/mol. The van der Waals surface area contributed by atoms with Crippen LogP contribution in [-0.4, -0.2) is 68.3 Å². The number of nitrogens with one attached hydrogen (secondary N) is 1. The van der Waals surface area contributed by atoms with E-state index in [9.17, 15) is 4.79 Å². The van der Waals surface area contributed by atoms with Gasteiger partial charge in [0.2, 0.25) is 0 Å². The molecule has 1 fully saturated rings. The fourth-order valence-corrected chi connectivity index (χ4v) is 4.21. The van der Waals surface area contributed by atoms with Crippen molar-refractivity contribution in [3.05, 3.63) is 36.0 Å². The third-order valence-electron chi connectivity index (χ3n) is 6.10. The highest BCUT2D eigenvalue weighted by molar-refractivity contribution is 6.74. The van der Waals surface area contributed by atoms with Crippen molar-refractivity contribution >= 4 is 25.1 Å². The molecule has 0 aliphatic carbocycles. The average molecular weight is 388 g/mol. The first-order chi connectivity index (χ1) is 12.7. The van der Waals surface area contributed by atoms with E-state index in [1.165, 1.54) is 0 Å². The molecular weight excluding hydrogens is 354 g/mol. The molecule has 5 nitrogen and oxygen atoms in total. The Morgan fingerprint density at radius 3 is 2.44 bits per heavy atom. The number of aromatic amines is 1. The summed E-state index contributed by atoms with van der Waals surface area (Å²) in [4.78, 5) is 20.4. The lowest BCUT2D eigenvalue weighted by Crippen LogP contribution is -2.50. The maximum absolute atomic E-state index is 12.8. The van der Waals surface area contributed by atoms with E-state index < -0.39 is 8.32 Å². The minimum Gasteiger partial charge on any atom is -0.416 e. The van der Waals surface area contributed by atoms with Gasteiger partial charge in [0.05, 0.1) is 0 Å². The Balaban J connectivity index is 1.48. The molecule has 0 bridgehead atoms.